The molecule has 1 aromatic rings. The summed E-state index contributed by atoms with van der Waals surface area (Å²) >= 11 is 0. The minimum atomic E-state index is 0.649. The van der Waals surface area contributed by atoms with Gasteiger partial charge in [0.15, 0.2) is 0 Å². The number of terminal acetylenes is 1. The van der Waals surface area contributed by atoms with Gasteiger partial charge in [-0.1, -0.05) is 5.92 Å². The molecule has 0 bridgehead atoms. The maximum Gasteiger partial charge on any atom is 0.0602 e. The second kappa shape index (κ2) is 2.40. The monoisotopic (exact) mass is 132 g/mol. The van der Waals surface area contributed by atoms with Crippen LogP contribution in [0.4, 0.5) is 5.69 Å². The topological polar surface area (TPSA) is 38.9 Å². The van der Waals surface area contributed by atoms with Gasteiger partial charge in [-0.05, 0) is 13.0 Å². The predicted molar refractivity (Wildman–Crippen MR) is 41.3 cm³/mol. The molecule has 0 atom stereocenters. The molecule has 1 rings (SSSR count). The van der Waals surface area contributed by atoms with E-state index in [-0.39, 0.29) is 0 Å². The van der Waals surface area contributed by atoms with Crippen molar-refractivity contribution in [2.75, 3.05) is 5.73 Å². The van der Waals surface area contributed by atoms with Crippen LogP contribution in [-0.2, 0) is 0 Å². The zero-order valence-electron chi connectivity index (χ0n) is 5.76. The molecule has 50 valence electrons. The Morgan fingerprint density at radius 2 is 2.40 bits per heavy atom. The minimum absolute atomic E-state index is 0.649. The van der Waals surface area contributed by atoms with Crippen LogP contribution in [0.1, 0.15) is 11.3 Å². The van der Waals surface area contributed by atoms with Crippen molar-refractivity contribution in [3.8, 4) is 12.3 Å². The fourth-order valence-corrected chi connectivity index (χ4v) is 0.629. The van der Waals surface area contributed by atoms with Crippen LogP contribution in [0.5, 0.6) is 0 Å². The van der Waals surface area contributed by atoms with Crippen molar-refractivity contribution in [3.63, 3.8) is 0 Å². The molecule has 0 radical (unpaired) electrons. The number of anilines is 1. The molecule has 0 saturated carbocycles. The first-order chi connectivity index (χ1) is 4.74. The second-order valence-electron chi connectivity index (χ2n) is 2.04. The van der Waals surface area contributed by atoms with Gasteiger partial charge >= 0.3 is 0 Å². The smallest absolute Gasteiger partial charge is 0.0602 e. The lowest BCUT2D eigenvalue weighted by molar-refractivity contribution is 1.20. The van der Waals surface area contributed by atoms with Crippen molar-refractivity contribution in [2.24, 2.45) is 0 Å². The normalized spacial score (nSPS) is 8.80. The highest BCUT2D eigenvalue weighted by Gasteiger charge is 1.93. The SMILES string of the molecule is C#Cc1cnc(C)c(N)c1. The van der Waals surface area contributed by atoms with Gasteiger partial charge in [0.05, 0.1) is 11.4 Å². The Kier molecular flexibility index (Phi) is 1.59. The minimum Gasteiger partial charge on any atom is -0.397 e. The molecule has 1 heterocycles. The molecule has 0 aliphatic carbocycles. The molecule has 0 amide bonds. The van der Waals surface area contributed by atoms with Crippen molar-refractivity contribution in [3.05, 3.63) is 23.5 Å². The van der Waals surface area contributed by atoms with E-state index in [1.165, 1.54) is 0 Å². The van der Waals surface area contributed by atoms with Crippen molar-refractivity contribution in [2.45, 2.75) is 6.92 Å². The molecular weight excluding hydrogens is 124 g/mol. The first kappa shape index (κ1) is 6.63. The highest BCUT2D eigenvalue weighted by molar-refractivity contribution is 5.48. The van der Waals surface area contributed by atoms with Crippen LogP contribution in [0.25, 0.3) is 0 Å². The maximum atomic E-state index is 5.54. The average molecular weight is 132 g/mol. The predicted octanol–water partition coefficient (Wildman–Crippen LogP) is 0.954. The zero-order valence-corrected chi connectivity index (χ0v) is 5.76. The summed E-state index contributed by atoms with van der Waals surface area (Å²) in [5.74, 6) is 2.45. The van der Waals surface area contributed by atoms with Crippen LogP contribution in [-0.4, -0.2) is 4.98 Å². The molecule has 0 unspecified atom stereocenters. The van der Waals surface area contributed by atoms with Crippen LogP contribution in [0, 0.1) is 19.3 Å². The highest BCUT2D eigenvalue weighted by atomic mass is 14.7. The second-order valence-corrected chi connectivity index (χ2v) is 2.04. The third-order valence-corrected chi connectivity index (χ3v) is 1.29. The van der Waals surface area contributed by atoms with Gasteiger partial charge in [-0.15, -0.1) is 6.42 Å². The average Bonchev–Trinajstić information content (AvgIpc) is 1.95. The molecule has 10 heavy (non-hydrogen) atoms. The number of rotatable bonds is 0. The molecule has 2 heteroatoms. The lowest BCUT2D eigenvalue weighted by Crippen LogP contribution is -1.92. The number of aryl methyl sites for hydroxylation is 1. The standard InChI is InChI=1S/C8H8N2/c1-3-7-4-8(9)6(2)10-5-7/h1,4-5H,9H2,2H3. The van der Waals surface area contributed by atoms with E-state index >= 15 is 0 Å². The van der Waals surface area contributed by atoms with E-state index in [0.717, 1.165) is 11.3 Å². The third kappa shape index (κ3) is 1.08. The van der Waals surface area contributed by atoms with E-state index in [9.17, 15) is 0 Å². The molecule has 2 nitrogen and oxygen atoms in total. The summed E-state index contributed by atoms with van der Waals surface area (Å²) in [6.07, 6.45) is 6.75. The lowest BCUT2D eigenvalue weighted by Gasteiger charge is -1.96. The highest BCUT2D eigenvalue weighted by Crippen LogP contribution is 2.07. The molecule has 0 spiro atoms. The Bertz CT molecular complexity index is 284. The molecule has 0 fully saturated rings. The van der Waals surface area contributed by atoms with E-state index in [0.29, 0.717) is 5.69 Å². The number of aromatic nitrogens is 1. The van der Waals surface area contributed by atoms with Crippen molar-refractivity contribution < 1.29 is 0 Å². The number of nitrogens with two attached hydrogens (primary N) is 1. The first-order valence-electron chi connectivity index (χ1n) is 2.93. The molecule has 0 aliphatic heterocycles. The van der Waals surface area contributed by atoms with Crippen LogP contribution in [0.2, 0.25) is 0 Å². The summed E-state index contributed by atoms with van der Waals surface area (Å²) in [6, 6.07) is 1.74. The third-order valence-electron chi connectivity index (χ3n) is 1.29. The van der Waals surface area contributed by atoms with Crippen LogP contribution in [0.15, 0.2) is 12.3 Å². The number of nitrogens with zero attached hydrogens (tertiary/aromatic N) is 1. The number of pyridine rings is 1. The first-order valence-corrected chi connectivity index (χ1v) is 2.93. The fraction of sp³-hybridized carbons (Fsp3) is 0.125. The van der Waals surface area contributed by atoms with E-state index in [4.69, 9.17) is 12.2 Å². The molecule has 0 aromatic carbocycles. The Hall–Kier alpha value is -1.49. The van der Waals surface area contributed by atoms with Crippen LogP contribution in [0.3, 0.4) is 0 Å². The largest absolute Gasteiger partial charge is 0.397 e. The van der Waals surface area contributed by atoms with Gasteiger partial charge in [0.25, 0.3) is 0 Å². The quantitative estimate of drug-likeness (QED) is 0.534. The van der Waals surface area contributed by atoms with Gasteiger partial charge in [-0.25, -0.2) is 0 Å². The zero-order chi connectivity index (χ0) is 7.56. The summed E-state index contributed by atoms with van der Waals surface area (Å²) in [5.41, 5.74) is 7.73. The van der Waals surface area contributed by atoms with E-state index in [1.807, 2.05) is 6.92 Å². The maximum absolute atomic E-state index is 5.54. The van der Waals surface area contributed by atoms with Crippen molar-refractivity contribution >= 4 is 5.69 Å². The van der Waals surface area contributed by atoms with Gasteiger partial charge in [-0.2, -0.15) is 0 Å². The van der Waals surface area contributed by atoms with Gasteiger partial charge in [0, 0.05) is 11.8 Å². The molecule has 0 saturated heterocycles. The summed E-state index contributed by atoms with van der Waals surface area (Å²) in [4.78, 5) is 3.98. The van der Waals surface area contributed by atoms with Gasteiger partial charge in [-0.3, -0.25) is 4.98 Å². The van der Waals surface area contributed by atoms with Crippen molar-refractivity contribution in [1.29, 1.82) is 0 Å². The van der Waals surface area contributed by atoms with E-state index < -0.39 is 0 Å². The number of nitrogen functional groups attached to an aromatic ring is 1. The lowest BCUT2D eigenvalue weighted by atomic mass is 10.2. The Balaban J connectivity index is 3.20. The summed E-state index contributed by atoms with van der Waals surface area (Å²) in [6.45, 7) is 1.84. The Morgan fingerprint density at radius 3 is 2.90 bits per heavy atom. The molecule has 2 N–H and O–H groups in total. The van der Waals surface area contributed by atoms with Gasteiger partial charge in [0.2, 0.25) is 0 Å². The van der Waals surface area contributed by atoms with Gasteiger partial charge < -0.3 is 5.73 Å². The Labute approximate surface area is 60.1 Å². The van der Waals surface area contributed by atoms with Crippen LogP contribution >= 0.6 is 0 Å². The fourth-order valence-electron chi connectivity index (χ4n) is 0.629. The van der Waals surface area contributed by atoms with Crippen molar-refractivity contribution in [1.82, 2.24) is 4.98 Å². The summed E-state index contributed by atoms with van der Waals surface area (Å²) < 4.78 is 0. The molecule has 0 aliphatic rings. The number of hydrogen-bond donors (Lipinski definition) is 1. The van der Waals surface area contributed by atoms with Gasteiger partial charge in [0.1, 0.15) is 0 Å². The van der Waals surface area contributed by atoms with Crippen LogP contribution < -0.4 is 5.73 Å². The van der Waals surface area contributed by atoms with E-state index in [1.54, 1.807) is 12.3 Å². The Morgan fingerprint density at radius 1 is 1.70 bits per heavy atom. The summed E-state index contributed by atoms with van der Waals surface area (Å²) in [7, 11) is 0. The summed E-state index contributed by atoms with van der Waals surface area (Å²) in [5, 5.41) is 0. The number of hydrogen-bond acceptors (Lipinski definition) is 2. The molecular formula is C8H8N2. The molecule has 1 aromatic heterocycles. The van der Waals surface area contributed by atoms with E-state index in [2.05, 4.69) is 10.9 Å².